The van der Waals surface area contributed by atoms with E-state index in [0.717, 1.165) is 26.4 Å². The molecule has 0 radical (unpaired) electrons. The predicted octanol–water partition coefficient (Wildman–Crippen LogP) is 3.47. The van der Waals surface area contributed by atoms with Gasteiger partial charge in [-0.25, -0.2) is 4.98 Å². The van der Waals surface area contributed by atoms with Crippen molar-refractivity contribution in [2.45, 2.75) is 6.92 Å². The third-order valence-electron chi connectivity index (χ3n) is 2.23. The summed E-state index contributed by atoms with van der Waals surface area (Å²) in [5.41, 5.74) is 7.70. The number of benzene rings is 1. The van der Waals surface area contributed by atoms with Crippen molar-refractivity contribution < 1.29 is 4.74 Å². The lowest BCUT2D eigenvalue weighted by Gasteiger charge is -2.05. The molecule has 1 aromatic carbocycles. The SMILES string of the molecule is COc1ccc(Br)c(-c2sc(N)nc2C)c1. The fraction of sp³-hybridized carbons (Fsp3) is 0.182. The largest absolute Gasteiger partial charge is 0.497 e. The number of nitrogens with zero attached hydrogens (tertiary/aromatic N) is 1. The average Bonchev–Trinajstić information content (AvgIpc) is 2.58. The Morgan fingerprint density at radius 1 is 1.44 bits per heavy atom. The number of hydrogen-bond acceptors (Lipinski definition) is 4. The third kappa shape index (κ3) is 2.05. The summed E-state index contributed by atoms with van der Waals surface area (Å²) in [6.07, 6.45) is 0. The number of thiazole rings is 1. The molecule has 84 valence electrons. The van der Waals surface area contributed by atoms with Crippen LogP contribution < -0.4 is 10.5 Å². The van der Waals surface area contributed by atoms with E-state index in [4.69, 9.17) is 10.5 Å². The number of nitrogens with two attached hydrogens (primary N) is 1. The van der Waals surface area contributed by atoms with Crippen LogP contribution in [-0.2, 0) is 0 Å². The molecular weight excluding hydrogens is 288 g/mol. The zero-order chi connectivity index (χ0) is 11.7. The average molecular weight is 299 g/mol. The lowest BCUT2D eigenvalue weighted by Crippen LogP contribution is -1.85. The standard InChI is InChI=1S/C11H11BrN2OS/c1-6-10(16-11(13)14-6)8-5-7(15-2)3-4-9(8)12/h3-5H,1-2H3,(H2,13,14). The van der Waals surface area contributed by atoms with E-state index in [-0.39, 0.29) is 0 Å². The van der Waals surface area contributed by atoms with Crippen LogP contribution in [0.5, 0.6) is 5.75 Å². The molecule has 0 unspecified atom stereocenters. The molecule has 0 amide bonds. The summed E-state index contributed by atoms with van der Waals surface area (Å²) in [5, 5.41) is 0.585. The van der Waals surface area contributed by atoms with E-state index in [9.17, 15) is 0 Å². The first-order chi connectivity index (χ1) is 7.61. The Hall–Kier alpha value is -1.07. The van der Waals surface area contributed by atoms with Crippen LogP contribution in [0.2, 0.25) is 0 Å². The summed E-state index contributed by atoms with van der Waals surface area (Å²) in [6.45, 7) is 1.95. The van der Waals surface area contributed by atoms with Crippen LogP contribution in [0, 0.1) is 6.92 Å². The molecule has 0 atom stereocenters. The van der Waals surface area contributed by atoms with Gasteiger partial charge in [-0.15, -0.1) is 0 Å². The molecule has 0 saturated heterocycles. The highest BCUT2D eigenvalue weighted by atomic mass is 79.9. The van der Waals surface area contributed by atoms with E-state index in [1.807, 2.05) is 25.1 Å². The van der Waals surface area contributed by atoms with E-state index in [1.54, 1.807) is 7.11 Å². The first kappa shape index (κ1) is 11.4. The number of rotatable bonds is 2. The van der Waals surface area contributed by atoms with Gasteiger partial charge in [-0.2, -0.15) is 0 Å². The molecule has 0 aliphatic heterocycles. The molecule has 0 spiro atoms. The Morgan fingerprint density at radius 2 is 2.19 bits per heavy atom. The minimum Gasteiger partial charge on any atom is -0.497 e. The van der Waals surface area contributed by atoms with Gasteiger partial charge in [0.2, 0.25) is 0 Å². The van der Waals surface area contributed by atoms with Crippen molar-refractivity contribution in [2.75, 3.05) is 12.8 Å². The van der Waals surface area contributed by atoms with Gasteiger partial charge >= 0.3 is 0 Å². The maximum Gasteiger partial charge on any atom is 0.180 e. The van der Waals surface area contributed by atoms with Gasteiger partial charge < -0.3 is 10.5 Å². The number of anilines is 1. The topological polar surface area (TPSA) is 48.1 Å². The normalized spacial score (nSPS) is 10.4. The number of nitrogen functional groups attached to an aromatic ring is 1. The molecule has 2 N–H and O–H groups in total. The van der Waals surface area contributed by atoms with E-state index < -0.39 is 0 Å². The smallest absolute Gasteiger partial charge is 0.180 e. The van der Waals surface area contributed by atoms with Crippen molar-refractivity contribution in [3.8, 4) is 16.2 Å². The van der Waals surface area contributed by atoms with Crippen LogP contribution in [0.3, 0.4) is 0 Å². The van der Waals surface area contributed by atoms with Crippen molar-refractivity contribution in [2.24, 2.45) is 0 Å². The second-order valence-corrected chi connectivity index (χ2v) is 5.20. The molecule has 0 saturated carbocycles. The lowest BCUT2D eigenvalue weighted by atomic mass is 10.1. The van der Waals surface area contributed by atoms with Crippen LogP contribution in [0.1, 0.15) is 5.69 Å². The molecule has 3 nitrogen and oxygen atoms in total. The lowest BCUT2D eigenvalue weighted by molar-refractivity contribution is 0.415. The highest BCUT2D eigenvalue weighted by Gasteiger charge is 2.12. The van der Waals surface area contributed by atoms with E-state index >= 15 is 0 Å². The molecule has 0 aliphatic rings. The molecule has 0 fully saturated rings. The van der Waals surface area contributed by atoms with Gasteiger partial charge in [0.05, 0.1) is 17.7 Å². The van der Waals surface area contributed by atoms with Gasteiger partial charge in [0.15, 0.2) is 5.13 Å². The first-order valence-electron chi connectivity index (χ1n) is 4.68. The van der Waals surface area contributed by atoms with Gasteiger partial charge in [-0.3, -0.25) is 0 Å². The highest BCUT2D eigenvalue weighted by Crippen LogP contribution is 2.37. The molecule has 1 aromatic heterocycles. The van der Waals surface area contributed by atoms with Gasteiger partial charge in [0.1, 0.15) is 5.75 Å². The van der Waals surface area contributed by atoms with E-state index in [2.05, 4.69) is 20.9 Å². The van der Waals surface area contributed by atoms with Gasteiger partial charge in [0.25, 0.3) is 0 Å². The first-order valence-corrected chi connectivity index (χ1v) is 6.29. The molecule has 0 bridgehead atoms. The van der Waals surface area contributed by atoms with Crippen molar-refractivity contribution in [1.29, 1.82) is 0 Å². The number of hydrogen-bond donors (Lipinski definition) is 1. The van der Waals surface area contributed by atoms with E-state index in [1.165, 1.54) is 11.3 Å². The zero-order valence-electron chi connectivity index (χ0n) is 8.95. The molecule has 2 aromatic rings. The summed E-state index contributed by atoms with van der Waals surface area (Å²) < 4.78 is 6.22. The Balaban J connectivity index is 2.58. The van der Waals surface area contributed by atoms with Crippen molar-refractivity contribution in [1.82, 2.24) is 4.98 Å². The van der Waals surface area contributed by atoms with Crippen LogP contribution in [0.4, 0.5) is 5.13 Å². The number of aromatic nitrogens is 1. The summed E-state index contributed by atoms with van der Waals surface area (Å²) >= 11 is 5.00. The van der Waals surface area contributed by atoms with Crippen molar-refractivity contribution in [3.05, 3.63) is 28.4 Å². The summed E-state index contributed by atoms with van der Waals surface area (Å²) in [7, 11) is 1.65. The van der Waals surface area contributed by atoms with Gasteiger partial charge in [-0.1, -0.05) is 27.3 Å². The maximum absolute atomic E-state index is 5.70. The van der Waals surface area contributed by atoms with Gasteiger partial charge in [0, 0.05) is 10.0 Å². The molecule has 0 aliphatic carbocycles. The minimum atomic E-state index is 0.585. The van der Waals surface area contributed by atoms with Crippen LogP contribution in [-0.4, -0.2) is 12.1 Å². The summed E-state index contributed by atoms with van der Waals surface area (Å²) in [4.78, 5) is 5.29. The molecule has 2 rings (SSSR count). The fourth-order valence-corrected chi connectivity index (χ4v) is 2.91. The minimum absolute atomic E-state index is 0.585. The number of halogens is 1. The number of methoxy groups -OCH3 is 1. The van der Waals surface area contributed by atoms with Crippen LogP contribution in [0.15, 0.2) is 22.7 Å². The Bertz CT molecular complexity index is 525. The molecule has 5 heteroatoms. The van der Waals surface area contributed by atoms with Crippen molar-refractivity contribution >= 4 is 32.4 Å². The number of aryl methyl sites for hydroxylation is 1. The van der Waals surface area contributed by atoms with Gasteiger partial charge in [-0.05, 0) is 25.1 Å². The molecular formula is C11H11BrN2OS. The Kier molecular flexibility index (Phi) is 3.16. The summed E-state index contributed by atoms with van der Waals surface area (Å²) in [6, 6.07) is 5.85. The quantitative estimate of drug-likeness (QED) is 0.923. The molecule has 1 heterocycles. The predicted molar refractivity (Wildman–Crippen MR) is 71.0 cm³/mol. The monoisotopic (exact) mass is 298 g/mol. The fourth-order valence-electron chi connectivity index (χ4n) is 1.47. The molecule has 16 heavy (non-hydrogen) atoms. The second kappa shape index (κ2) is 4.43. The highest BCUT2D eigenvalue weighted by molar-refractivity contribution is 9.10. The Labute approximate surface area is 106 Å². The summed E-state index contributed by atoms with van der Waals surface area (Å²) in [5.74, 6) is 0.824. The third-order valence-corrected chi connectivity index (χ3v) is 3.94. The zero-order valence-corrected chi connectivity index (χ0v) is 11.4. The Morgan fingerprint density at radius 3 is 2.75 bits per heavy atom. The number of ether oxygens (including phenoxy) is 1. The van der Waals surface area contributed by atoms with E-state index in [0.29, 0.717) is 5.13 Å². The maximum atomic E-state index is 5.70. The van der Waals surface area contributed by atoms with Crippen LogP contribution >= 0.6 is 27.3 Å². The second-order valence-electron chi connectivity index (χ2n) is 3.31. The van der Waals surface area contributed by atoms with Crippen molar-refractivity contribution in [3.63, 3.8) is 0 Å². The van der Waals surface area contributed by atoms with Crippen LogP contribution in [0.25, 0.3) is 10.4 Å².